The van der Waals surface area contributed by atoms with Crippen LogP contribution in [0.4, 0.5) is 0 Å². The van der Waals surface area contributed by atoms with Crippen LogP contribution in [0.5, 0.6) is 0 Å². The third-order valence-corrected chi connectivity index (χ3v) is 10.5. The Balaban J connectivity index is 1.29. The number of nitrogens with one attached hydrogen (secondary N) is 4. The highest BCUT2D eigenvalue weighted by Crippen LogP contribution is 2.60. The fourth-order valence-corrected chi connectivity index (χ4v) is 7.13. The zero-order valence-electron chi connectivity index (χ0n) is 22.6. The van der Waals surface area contributed by atoms with Crippen molar-refractivity contribution in [1.82, 2.24) is 26.2 Å². The van der Waals surface area contributed by atoms with E-state index in [2.05, 4.69) is 50.8 Å². The fraction of sp³-hybridized carbons (Fsp3) is 0.737. The minimum atomic E-state index is -5.33. The Bertz CT molecular complexity index is 1220. The number of nitrogens with zero attached hydrogens (tertiary/aromatic N) is 1. The third kappa shape index (κ3) is 8.99. The van der Waals surface area contributed by atoms with Crippen LogP contribution in [0.15, 0.2) is 22.1 Å². The van der Waals surface area contributed by atoms with Crippen molar-refractivity contribution in [3.63, 3.8) is 0 Å². The summed E-state index contributed by atoms with van der Waals surface area (Å²) in [5.41, 5.74) is 17.2. The van der Waals surface area contributed by atoms with E-state index in [1.165, 1.54) is 12.3 Å². The van der Waals surface area contributed by atoms with Gasteiger partial charge < -0.3 is 56.3 Å². The standard InChI is InChI=1S/C19H36N8O13P2S2/c20-9-1-2-27(19(31)23-9)17-13(29)12(28)6(39-17)4-36-41(32,33)40-42(34,35)37-5-7-14(44)8(43)3-10(38-7)24-15-11(21)16(30)26-18(22)25-15/h1-2,6-7,9-13,15,17-19,23-25,28-29,31,43-44H,3-5,20-22H2,(H,26,30)(H,32,33)(H,34,35)/t6-,7-,9-,10-,11+,12-,13-,15-,17-,18+,19+/m1/s1. The number of aliphatic hydroxyl groups excluding tert-OH is 3. The van der Waals surface area contributed by atoms with E-state index in [4.69, 9.17) is 35.7 Å². The smallest absolute Gasteiger partial charge is 0.387 e. The molecule has 0 aromatic carbocycles. The molecule has 2 fully saturated rings. The summed E-state index contributed by atoms with van der Waals surface area (Å²) in [6.07, 6.45) is -8.80. The first-order valence-electron chi connectivity index (χ1n) is 12.9. The zero-order valence-corrected chi connectivity index (χ0v) is 26.2. The highest BCUT2D eigenvalue weighted by Gasteiger charge is 2.48. The van der Waals surface area contributed by atoms with Crippen molar-refractivity contribution in [1.29, 1.82) is 0 Å². The van der Waals surface area contributed by atoms with Crippen molar-refractivity contribution < 1.29 is 61.9 Å². The van der Waals surface area contributed by atoms with Gasteiger partial charge in [-0.3, -0.25) is 35.5 Å². The number of nitrogens with two attached hydrogens (primary N) is 3. The quantitative estimate of drug-likeness (QED) is 0.0705. The Morgan fingerprint density at radius 3 is 2.36 bits per heavy atom. The van der Waals surface area contributed by atoms with Crippen LogP contribution >= 0.6 is 40.9 Å². The largest absolute Gasteiger partial charge is 0.481 e. The predicted molar refractivity (Wildman–Crippen MR) is 154 cm³/mol. The van der Waals surface area contributed by atoms with Crippen LogP contribution < -0.4 is 38.5 Å². The predicted octanol–water partition coefficient (Wildman–Crippen LogP) is -4.95. The summed E-state index contributed by atoms with van der Waals surface area (Å²) in [5, 5.41) is 41.5. The van der Waals surface area contributed by atoms with Crippen molar-refractivity contribution in [2.45, 2.75) is 74.3 Å². The van der Waals surface area contributed by atoms with Crippen molar-refractivity contribution in [3.8, 4) is 0 Å². The minimum absolute atomic E-state index is 0.162. The maximum absolute atomic E-state index is 12.5. The van der Waals surface area contributed by atoms with Gasteiger partial charge in [-0.25, -0.2) is 9.13 Å². The molecule has 4 aliphatic heterocycles. The van der Waals surface area contributed by atoms with Crippen LogP contribution in [0, 0.1) is 0 Å². The molecule has 25 heteroatoms. The first-order valence-corrected chi connectivity index (χ1v) is 16.8. The van der Waals surface area contributed by atoms with Gasteiger partial charge in [0, 0.05) is 17.5 Å². The van der Waals surface area contributed by atoms with Crippen LogP contribution in [-0.4, -0.2) is 117 Å². The summed E-state index contributed by atoms with van der Waals surface area (Å²) in [7, 11) is -10.6. The first kappa shape index (κ1) is 36.1. The number of phosphoric ester groups is 2. The molecule has 252 valence electrons. The maximum atomic E-state index is 12.5. The Kier molecular flexibility index (Phi) is 12.0. The molecule has 4 rings (SSSR count). The molecule has 4 aliphatic rings. The minimum Gasteiger partial charge on any atom is -0.387 e. The normalized spacial score (nSPS) is 40.9. The number of ether oxygens (including phenoxy) is 2. The van der Waals surface area contributed by atoms with Crippen LogP contribution in [0.25, 0.3) is 0 Å². The number of hydrogen-bond acceptors (Lipinski definition) is 20. The molecule has 0 radical (unpaired) electrons. The van der Waals surface area contributed by atoms with Gasteiger partial charge in [-0.05, 0) is 11.0 Å². The van der Waals surface area contributed by atoms with Crippen molar-refractivity contribution in [2.24, 2.45) is 17.2 Å². The number of carbonyl (C=O) groups is 1. The van der Waals surface area contributed by atoms with E-state index in [1.807, 2.05) is 0 Å². The van der Waals surface area contributed by atoms with Crippen LogP contribution in [0.3, 0.4) is 0 Å². The van der Waals surface area contributed by atoms with E-state index in [9.17, 15) is 39.0 Å². The third-order valence-electron chi connectivity index (χ3n) is 6.71. The summed E-state index contributed by atoms with van der Waals surface area (Å²) in [6.45, 7) is -1.59. The number of carbonyl (C=O) groups excluding carboxylic acids is 1. The van der Waals surface area contributed by atoms with Gasteiger partial charge in [0.05, 0.1) is 25.5 Å². The molecule has 0 aliphatic carbocycles. The van der Waals surface area contributed by atoms with Gasteiger partial charge in [-0.1, -0.05) is 0 Å². The van der Waals surface area contributed by atoms with Crippen molar-refractivity contribution >= 4 is 46.8 Å². The van der Waals surface area contributed by atoms with Gasteiger partial charge in [0.25, 0.3) is 0 Å². The number of aliphatic hydroxyl groups is 3. The molecule has 21 nitrogen and oxygen atoms in total. The molecule has 0 aromatic rings. The Morgan fingerprint density at radius 1 is 1.05 bits per heavy atom. The second-order valence-corrected chi connectivity index (χ2v) is 14.0. The molecule has 0 bridgehead atoms. The van der Waals surface area contributed by atoms with Gasteiger partial charge in [0.2, 0.25) is 5.91 Å². The van der Waals surface area contributed by atoms with E-state index < -0.39 is 103 Å². The molecule has 1 amide bonds. The lowest BCUT2D eigenvalue weighted by Crippen LogP contribution is -2.74. The lowest BCUT2D eigenvalue weighted by Gasteiger charge is -2.39. The molecule has 2 saturated heterocycles. The number of phosphoric acid groups is 2. The van der Waals surface area contributed by atoms with Crippen molar-refractivity contribution in [3.05, 3.63) is 22.1 Å². The second kappa shape index (κ2) is 14.6. The Morgan fingerprint density at radius 2 is 1.70 bits per heavy atom. The van der Waals surface area contributed by atoms with Gasteiger partial charge in [0.1, 0.15) is 43.0 Å². The highest BCUT2D eigenvalue weighted by atomic mass is 32.1. The molecule has 0 saturated carbocycles. The Labute approximate surface area is 261 Å². The molecule has 44 heavy (non-hydrogen) atoms. The average Bonchev–Trinajstić information content (AvgIpc) is 3.19. The summed E-state index contributed by atoms with van der Waals surface area (Å²) in [5.74, 6) is -0.513. The van der Waals surface area contributed by atoms with Gasteiger partial charge in [0.15, 0.2) is 12.6 Å². The van der Waals surface area contributed by atoms with Crippen molar-refractivity contribution in [2.75, 3.05) is 13.2 Å². The summed E-state index contributed by atoms with van der Waals surface area (Å²) >= 11 is 8.63. The first-order chi connectivity index (χ1) is 20.5. The second-order valence-electron chi connectivity index (χ2n) is 9.98. The molecule has 2 unspecified atom stereocenters. The molecule has 0 aromatic heterocycles. The number of rotatable bonds is 11. The maximum Gasteiger partial charge on any atom is 0.481 e. The summed E-state index contributed by atoms with van der Waals surface area (Å²) < 4.78 is 50.1. The fourth-order valence-electron chi connectivity index (χ4n) is 4.52. The molecule has 13 atom stereocenters. The van der Waals surface area contributed by atoms with E-state index in [1.54, 1.807) is 0 Å². The van der Waals surface area contributed by atoms with Crippen LogP contribution in [-0.2, 0) is 36.8 Å². The van der Waals surface area contributed by atoms with E-state index in [0.29, 0.717) is 4.91 Å². The summed E-state index contributed by atoms with van der Waals surface area (Å²) in [4.78, 5) is 33.8. The monoisotopic (exact) mass is 710 g/mol. The molecular weight excluding hydrogens is 674 g/mol. The van der Waals surface area contributed by atoms with Gasteiger partial charge in [-0.15, -0.1) is 25.3 Å². The lowest BCUT2D eigenvalue weighted by molar-refractivity contribution is -0.145. The van der Waals surface area contributed by atoms with Gasteiger partial charge in [-0.2, -0.15) is 4.31 Å². The lowest BCUT2D eigenvalue weighted by atomic mass is 10.1. The van der Waals surface area contributed by atoms with Gasteiger partial charge >= 0.3 is 15.6 Å². The number of amides is 1. The Hall–Kier alpha value is -0.730. The highest BCUT2D eigenvalue weighted by molar-refractivity contribution is 7.88. The van der Waals surface area contributed by atoms with Crippen LogP contribution in [0.1, 0.15) is 6.42 Å². The molecular formula is C19H36N8O13P2S2. The van der Waals surface area contributed by atoms with E-state index >= 15 is 0 Å². The molecule has 0 spiro atoms. The summed E-state index contributed by atoms with van der Waals surface area (Å²) in [6, 6.07) is -1.03. The van der Waals surface area contributed by atoms with E-state index in [-0.39, 0.29) is 11.3 Å². The average molecular weight is 711 g/mol. The number of hydrogen-bond donors (Lipinski definition) is 14. The topological polar surface area (TPSA) is 328 Å². The van der Waals surface area contributed by atoms with E-state index in [0.717, 1.165) is 4.90 Å². The molecule has 15 N–H and O–H groups in total. The zero-order chi connectivity index (χ0) is 32.6. The molecule has 4 heterocycles. The number of thiol groups is 2. The SMILES string of the molecule is N[C@@H]1NC(=O)[C@@H](N)[C@H](N[C@H]2CC(S)=C(S)[C@@H](COP(=O)(O)OP(=O)(O)OC[C@H]3O[C@@H](N4C=C[C@H](N)N[C@@H]4O)[C@H](O)[C@@H]3O)O2)N1. The van der Waals surface area contributed by atoms with Crippen LogP contribution in [0.2, 0.25) is 0 Å².